The minimum absolute atomic E-state index is 0.0932. The maximum Gasteiger partial charge on any atom is 0.137 e. The molecule has 2 aromatic rings. The smallest absolute Gasteiger partial charge is 0.137 e. The lowest BCUT2D eigenvalue weighted by atomic mass is 10.1. The van der Waals surface area contributed by atoms with Gasteiger partial charge in [-0.2, -0.15) is 0 Å². The average Bonchev–Trinajstić information content (AvgIpc) is 2.40. The van der Waals surface area contributed by atoms with Crippen LogP contribution in [0, 0.1) is 0 Å². The SMILES string of the molecule is OCC(Cc1ccncc1O)Oc1cccc(Cl)c1. The van der Waals surface area contributed by atoms with Crippen molar-refractivity contribution in [2.45, 2.75) is 12.5 Å². The number of nitrogens with zero attached hydrogens (tertiary/aromatic N) is 1. The number of hydrogen-bond acceptors (Lipinski definition) is 4. The molecule has 0 aliphatic heterocycles. The fourth-order valence-corrected chi connectivity index (χ4v) is 1.89. The topological polar surface area (TPSA) is 62.6 Å². The predicted molar refractivity (Wildman–Crippen MR) is 72.6 cm³/mol. The van der Waals surface area contributed by atoms with Crippen molar-refractivity contribution in [1.29, 1.82) is 0 Å². The van der Waals surface area contributed by atoms with Gasteiger partial charge in [0, 0.05) is 23.2 Å². The van der Waals surface area contributed by atoms with E-state index in [2.05, 4.69) is 4.98 Å². The molecule has 1 unspecified atom stereocenters. The number of ether oxygens (including phenoxy) is 1. The summed E-state index contributed by atoms with van der Waals surface area (Å²) in [5.41, 5.74) is 0.677. The summed E-state index contributed by atoms with van der Waals surface area (Å²) in [5.74, 6) is 0.677. The van der Waals surface area contributed by atoms with Gasteiger partial charge in [-0.15, -0.1) is 0 Å². The van der Waals surface area contributed by atoms with E-state index in [1.165, 1.54) is 6.20 Å². The second-order valence-electron chi connectivity index (χ2n) is 4.09. The van der Waals surface area contributed by atoms with E-state index in [9.17, 15) is 10.2 Å². The quantitative estimate of drug-likeness (QED) is 0.882. The molecule has 1 heterocycles. The number of hydrogen-bond donors (Lipinski definition) is 2. The Morgan fingerprint density at radius 1 is 1.32 bits per heavy atom. The molecule has 2 rings (SSSR count). The summed E-state index contributed by atoms with van der Waals surface area (Å²) in [6, 6.07) is 8.66. The summed E-state index contributed by atoms with van der Waals surface area (Å²) in [4.78, 5) is 3.80. The molecule has 0 aliphatic carbocycles. The number of benzene rings is 1. The molecule has 1 aromatic heterocycles. The van der Waals surface area contributed by atoms with Crippen molar-refractivity contribution in [2.75, 3.05) is 6.61 Å². The highest BCUT2D eigenvalue weighted by Crippen LogP contribution is 2.21. The number of aromatic hydroxyl groups is 1. The summed E-state index contributed by atoms with van der Waals surface area (Å²) >= 11 is 5.87. The normalized spacial score (nSPS) is 12.1. The number of aliphatic hydroxyl groups is 1. The second kappa shape index (κ2) is 6.41. The van der Waals surface area contributed by atoms with Gasteiger partial charge in [-0.25, -0.2) is 0 Å². The van der Waals surface area contributed by atoms with E-state index in [-0.39, 0.29) is 12.4 Å². The zero-order valence-electron chi connectivity index (χ0n) is 10.2. The van der Waals surface area contributed by atoms with E-state index in [4.69, 9.17) is 16.3 Å². The van der Waals surface area contributed by atoms with E-state index in [1.807, 2.05) is 0 Å². The number of pyridine rings is 1. The van der Waals surface area contributed by atoms with Crippen molar-refractivity contribution in [2.24, 2.45) is 0 Å². The average molecular weight is 280 g/mol. The first kappa shape index (κ1) is 13.6. The monoisotopic (exact) mass is 279 g/mol. The summed E-state index contributed by atoms with van der Waals surface area (Å²) < 4.78 is 5.64. The van der Waals surface area contributed by atoms with Crippen molar-refractivity contribution >= 4 is 11.6 Å². The molecule has 19 heavy (non-hydrogen) atoms. The first-order valence-corrected chi connectivity index (χ1v) is 6.22. The first-order chi connectivity index (χ1) is 9.19. The molecule has 0 bridgehead atoms. The van der Waals surface area contributed by atoms with Gasteiger partial charge >= 0.3 is 0 Å². The Morgan fingerprint density at radius 3 is 2.84 bits per heavy atom. The third kappa shape index (κ3) is 3.84. The van der Waals surface area contributed by atoms with Gasteiger partial charge in [-0.1, -0.05) is 17.7 Å². The van der Waals surface area contributed by atoms with Crippen LogP contribution in [0.2, 0.25) is 5.02 Å². The highest BCUT2D eigenvalue weighted by Gasteiger charge is 2.13. The third-order valence-corrected chi connectivity index (χ3v) is 2.87. The van der Waals surface area contributed by atoms with Crippen LogP contribution in [0.5, 0.6) is 11.5 Å². The van der Waals surface area contributed by atoms with Crippen molar-refractivity contribution in [1.82, 2.24) is 4.98 Å². The van der Waals surface area contributed by atoms with Crippen molar-refractivity contribution in [3.8, 4) is 11.5 Å². The molecule has 4 nitrogen and oxygen atoms in total. The Kier molecular flexibility index (Phi) is 4.60. The molecule has 0 saturated carbocycles. The van der Waals surface area contributed by atoms with Crippen LogP contribution >= 0.6 is 11.6 Å². The number of aliphatic hydroxyl groups excluding tert-OH is 1. The third-order valence-electron chi connectivity index (χ3n) is 2.64. The van der Waals surface area contributed by atoms with Crippen LogP contribution in [0.1, 0.15) is 5.56 Å². The van der Waals surface area contributed by atoms with Crippen molar-refractivity contribution in [3.05, 3.63) is 53.3 Å². The van der Waals surface area contributed by atoms with Gasteiger partial charge in [0.15, 0.2) is 0 Å². The van der Waals surface area contributed by atoms with Gasteiger partial charge in [0.25, 0.3) is 0 Å². The predicted octanol–water partition coefficient (Wildman–Crippen LogP) is 2.42. The van der Waals surface area contributed by atoms with Crippen molar-refractivity contribution < 1.29 is 14.9 Å². The Morgan fingerprint density at radius 2 is 2.16 bits per heavy atom. The molecule has 0 saturated heterocycles. The van der Waals surface area contributed by atoms with Crippen LogP contribution in [-0.4, -0.2) is 27.9 Å². The molecule has 0 aliphatic rings. The van der Waals surface area contributed by atoms with Gasteiger partial charge in [0.05, 0.1) is 12.8 Å². The van der Waals surface area contributed by atoms with E-state index >= 15 is 0 Å². The first-order valence-electron chi connectivity index (χ1n) is 5.84. The molecule has 5 heteroatoms. The van der Waals surface area contributed by atoms with E-state index in [1.54, 1.807) is 36.5 Å². The largest absolute Gasteiger partial charge is 0.506 e. The van der Waals surface area contributed by atoms with Gasteiger partial charge in [-0.05, 0) is 24.3 Å². The summed E-state index contributed by atoms with van der Waals surface area (Å²) in [7, 11) is 0. The molecule has 1 atom stereocenters. The lowest BCUT2D eigenvalue weighted by Crippen LogP contribution is -2.24. The zero-order chi connectivity index (χ0) is 13.7. The molecular formula is C14H14ClNO3. The van der Waals surface area contributed by atoms with Crippen LogP contribution in [-0.2, 0) is 6.42 Å². The number of rotatable bonds is 5. The molecule has 1 aromatic carbocycles. The minimum atomic E-state index is -0.452. The molecular weight excluding hydrogens is 266 g/mol. The highest BCUT2D eigenvalue weighted by atomic mass is 35.5. The van der Waals surface area contributed by atoms with E-state index < -0.39 is 6.10 Å². The lowest BCUT2D eigenvalue weighted by Gasteiger charge is -2.17. The Balaban J connectivity index is 2.07. The van der Waals surface area contributed by atoms with Gasteiger partial charge in [0.2, 0.25) is 0 Å². The van der Waals surface area contributed by atoms with Gasteiger partial charge in [-0.3, -0.25) is 4.98 Å². The minimum Gasteiger partial charge on any atom is -0.506 e. The van der Waals surface area contributed by atoms with E-state index in [0.717, 1.165) is 0 Å². The van der Waals surface area contributed by atoms with E-state index in [0.29, 0.717) is 22.8 Å². The van der Waals surface area contributed by atoms with Crippen LogP contribution in [0.3, 0.4) is 0 Å². The zero-order valence-corrected chi connectivity index (χ0v) is 10.9. The lowest BCUT2D eigenvalue weighted by molar-refractivity contribution is 0.115. The van der Waals surface area contributed by atoms with Gasteiger partial charge in [0.1, 0.15) is 17.6 Å². The molecule has 0 fully saturated rings. The van der Waals surface area contributed by atoms with Crippen LogP contribution in [0.15, 0.2) is 42.7 Å². The Bertz CT molecular complexity index is 548. The maximum atomic E-state index is 9.64. The Labute approximate surface area is 116 Å². The molecule has 2 N–H and O–H groups in total. The Hall–Kier alpha value is -1.78. The number of halogens is 1. The summed E-state index contributed by atoms with van der Waals surface area (Å²) in [6.07, 6.45) is 2.88. The van der Waals surface area contributed by atoms with Gasteiger partial charge < -0.3 is 14.9 Å². The number of aromatic nitrogens is 1. The van der Waals surface area contributed by atoms with Crippen molar-refractivity contribution in [3.63, 3.8) is 0 Å². The molecule has 0 spiro atoms. The summed E-state index contributed by atoms with van der Waals surface area (Å²) in [6.45, 7) is -0.158. The molecule has 100 valence electrons. The van der Waals surface area contributed by atoms with Crippen LogP contribution in [0.4, 0.5) is 0 Å². The van der Waals surface area contributed by atoms with Crippen LogP contribution < -0.4 is 4.74 Å². The van der Waals surface area contributed by atoms with Crippen LogP contribution in [0.25, 0.3) is 0 Å². The standard InChI is InChI=1S/C14H14ClNO3/c15-11-2-1-3-12(7-11)19-13(9-17)6-10-4-5-16-8-14(10)18/h1-5,7-8,13,17-18H,6,9H2. The fraction of sp³-hybridized carbons (Fsp3) is 0.214. The highest BCUT2D eigenvalue weighted by molar-refractivity contribution is 6.30. The molecule has 0 amide bonds. The maximum absolute atomic E-state index is 9.64. The fourth-order valence-electron chi connectivity index (χ4n) is 1.71. The molecule has 0 radical (unpaired) electrons. The second-order valence-corrected chi connectivity index (χ2v) is 4.52. The summed E-state index contributed by atoms with van der Waals surface area (Å²) in [5, 5.41) is 19.6.